The summed E-state index contributed by atoms with van der Waals surface area (Å²) in [5, 5.41) is 3.10. The van der Waals surface area contributed by atoms with Gasteiger partial charge in [0.2, 0.25) is 12.7 Å². The van der Waals surface area contributed by atoms with Crippen LogP contribution >= 0.6 is 0 Å². The Labute approximate surface area is 142 Å². The van der Waals surface area contributed by atoms with Crippen molar-refractivity contribution in [1.29, 1.82) is 0 Å². The number of nitrogens with one attached hydrogen (secondary N) is 1. The van der Waals surface area contributed by atoms with Crippen LogP contribution in [0.5, 0.6) is 11.5 Å². The van der Waals surface area contributed by atoms with Gasteiger partial charge in [0.25, 0.3) is 0 Å². The molecule has 6 nitrogen and oxygen atoms in total. The van der Waals surface area contributed by atoms with Crippen LogP contribution in [-0.4, -0.2) is 39.0 Å². The highest BCUT2D eigenvalue weighted by Crippen LogP contribution is 2.36. The average molecular weight is 334 g/mol. The highest BCUT2D eigenvalue weighted by Gasteiger charge is 2.39. The topological polar surface area (TPSA) is 82.8 Å². The largest absolute Gasteiger partial charge is 0.454 e. The molecule has 2 heterocycles. The molecular weight excluding hydrogens is 308 g/mol. The van der Waals surface area contributed by atoms with E-state index in [4.69, 9.17) is 19.9 Å². The molecule has 1 amide bonds. The van der Waals surface area contributed by atoms with Crippen molar-refractivity contribution in [1.82, 2.24) is 5.32 Å². The number of amides is 1. The van der Waals surface area contributed by atoms with Gasteiger partial charge < -0.3 is 25.3 Å². The molecule has 24 heavy (non-hydrogen) atoms. The molecule has 2 aliphatic heterocycles. The van der Waals surface area contributed by atoms with Crippen LogP contribution < -0.4 is 20.5 Å². The smallest absolute Gasteiger partial charge is 0.231 e. The second-order valence-corrected chi connectivity index (χ2v) is 7.23. The van der Waals surface area contributed by atoms with Crippen molar-refractivity contribution in [2.24, 2.45) is 11.1 Å². The van der Waals surface area contributed by atoms with Crippen molar-refractivity contribution in [3.8, 4) is 11.5 Å². The van der Waals surface area contributed by atoms with Gasteiger partial charge >= 0.3 is 0 Å². The predicted molar refractivity (Wildman–Crippen MR) is 90.1 cm³/mol. The van der Waals surface area contributed by atoms with Crippen LogP contribution in [0.25, 0.3) is 0 Å². The second-order valence-electron chi connectivity index (χ2n) is 7.23. The standard InChI is InChI=1S/C18H26N2O4/c1-17(2,13-3-4-14-15(9-13)24-12-23-14)11-20-16(21)18(10-19)5-7-22-8-6-18/h3-4,9H,5-8,10-12,19H2,1-2H3,(H,20,21). The Balaban J connectivity index is 1.67. The minimum absolute atomic E-state index is 0.0297. The number of hydrogen-bond donors (Lipinski definition) is 2. The fraction of sp³-hybridized carbons (Fsp3) is 0.611. The molecule has 1 aromatic carbocycles. The Hall–Kier alpha value is -1.79. The lowest BCUT2D eigenvalue weighted by Crippen LogP contribution is -2.51. The summed E-state index contributed by atoms with van der Waals surface area (Å²) in [6.07, 6.45) is 1.36. The summed E-state index contributed by atoms with van der Waals surface area (Å²) < 4.78 is 16.2. The van der Waals surface area contributed by atoms with Crippen LogP contribution in [0.2, 0.25) is 0 Å². The summed E-state index contributed by atoms with van der Waals surface area (Å²) in [6.45, 7) is 6.54. The zero-order valence-corrected chi connectivity index (χ0v) is 14.4. The van der Waals surface area contributed by atoms with E-state index in [1.165, 1.54) is 0 Å². The Morgan fingerprint density at radius 1 is 1.25 bits per heavy atom. The van der Waals surface area contributed by atoms with E-state index >= 15 is 0 Å². The summed E-state index contributed by atoms with van der Waals surface area (Å²) in [6, 6.07) is 5.93. The van der Waals surface area contributed by atoms with Gasteiger partial charge in [0.15, 0.2) is 11.5 Å². The Morgan fingerprint density at radius 3 is 2.67 bits per heavy atom. The normalized spacial score (nSPS) is 19.1. The van der Waals surface area contributed by atoms with Crippen molar-refractivity contribution in [2.75, 3.05) is 33.1 Å². The lowest BCUT2D eigenvalue weighted by atomic mass is 9.78. The fourth-order valence-electron chi connectivity index (χ4n) is 3.19. The van der Waals surface area contributed by atoms with E-state index in [2.05, 4.69) is 19.2 Å². The van der Waals surface area contributed by atoms with Crippen LogP contribution in [0, 0.1) is 5.41 Å². The number of ether oxygens (including phenoxy) is 3. The molecule has 0 bridgehead atoms. The van der Waals surface area contributed by atoms with Crippen LogP contribution in [-0.2, 0) is 14.9 Å². The lowest BCUT2D eigenvalue weighted by Gasteiger charge is -2.36. The average Bonchev–Trinajstić information content (AvgIpc) is 3.08. The number of benzene rings is 1. The number of nitrogens with two attached hydrogens (primary N) is 1. The number of carbonyl (C=O) groups excluding carboxylic acids is 1. The molecule has 0 aromatic heterocycles. The minimum atomic E-state index is -0.497. The van der Waals surface area contributed by atoms with Crippen LogP contribution in [0.3, 0.4) is 0 Å². The van der Waals surface area contributed by atoms with E-state index in [-0.39, 0.29) is 18.1 Å². The molecule has 3 N–H and O–H groups in total. The molecule has 1 fully saturated rings. The first kappa shape index (κ1) is 17.0. The van der Waals surface area contributed by atoms with Gasteiger partial charge in [-0.3, -0.25) is 4.79 Å². The van der Waals surface area contributed by atoms with Gasteiger partial charge in [-0.15, -0.1) is 0 Å². The fourth-order valence-corrected chi connectivity index (χ4v) is 3.19. The van der Waals surface area contributed by atoms with Crippen molar-refractivity contribution in [3.63, 3.8) is 0 Å². The summed E-state index contributed by atoms with van der Waals surface area (Å²) in [4.78, 5) is 12.7. The molecule has 2 aliphatic rings. The van der Waals surface area contributed by atoms with Crippen molar-refractivity contribution < 1.29 is 19.0 Å². The summed E-state index contributed by atoms with van der Waals surface area (Å²) in [7, 11) is 0. The number of rotatable bonds is 5. The molecule has 3 rings (SSSR count). The van der Waals surface area contributed by atoms with Crippen molar-refractivity contribution in [2.45, 2.75) is 32.1 Å². The maximum Gasteiger partial charge on any atom is 0.231 e. The monoisotopic (exact) mass is 334 g/mol. The van der Waals surface area contributed by atoms with Gasteiger partial charge in [0.05, 0.1) is 5.41 Å². The van der Waals surface area contributed by atoms with E-state index in [1.807, 2.05) is 18.2 Å². The van der Waals surface area contributed by atoms with Gasteiger partial charge in [0.1, 0.15) is 0 Å². The van der Waals surface area contributed by atoms with E-state index in [1.54, 1.807) is 0 Å². The van der Waals surface area contributed by atoms with Crippen LogP contribution in [0.1, 0.15) is 32.3 Å². The van der Waals surface area contributed by atoms with Crippen LogP contribution in [0.4, 0.5) is 0 Å². The minimum Gasteiger partial charge on any atom is -0.454 e. The zero-order valence-electron chi connectivity index (χ0n) is 14.4. The molecule has 0 atom stereocenters. The van der Waals surface area contributed by atoms with Gasteiger partial charge in [-0.1, -0.05) is 19.9 Å². The molecule has 0 spiro atoms. The highest BCUT2D eigenvalue weighted by molar-refractivity contribution is 5.83. The maximum absolute atomic E-state index is 12.7. The Bertz CT molecular complexity index is 609. The van der Waals surface area contributed by atoms with E-state index in [9.17, 15) is 4.79 Å². The Kier molecular flexibility index (Phi) is 4.69. The third-order valence-electron chi connectivity index (χ3n) is 5.17. The number of hydrogen-bond acceptors (Lipinski definition) is 5. The zero-order chi connectivity index (χ0) is 17.2. The predicted octanol–water partition coefficient (Wildman–Crippen LogP) is 1.56. The first-order valence-corrected chi connectivity index (χ1v) is 8.43. The van der Waals surface area contributed by atoms with Gasteiger partial charge in [-0.25, -0.2) is 0 Å². The second kappa shape index (κ2) is 6.61. The quantitative estimate of drug-likeness (QED) is 0.854. The van der Waals surface area contributed by atoms with E-state index in [0.29, 0.717) is 39.1 Å². The SMILES string of the molecule is CC(C)(CNC(=O)C1(CN)CCOCC1)c1ccc2c(c1)OCO2. The third kappa shape index (κ3) is 3.21. The summed E-state index contributed by atoms with van der Waals surface area (Å²) >= 11 is 0. The van der Waals surface area contributed by atoms with Gasteiger partial charge in [-0.2, -0.15) is 0 Å². The molecule has 0 unspecified atom stereocenters. The molecule has 0 saturated carbocycles. The first-order valence-electron chi connectivity index (χ1n) is 8.43. The summed E-state index contributed by atoms with van der Waals surface area (Å²) in [5.41, 5.74) is 6.28. The molecule has 0 radical (unpaired) electrons. The summed E-state index contributed by atoms with van der Waals surface area (Å²) in [5.74, 6) is 1.56. The van der Waals surface area contributed by atoms with Gasteiger partial charge in [0, 0.05) is 31.7 Å². The van der Waals surface area contributed by atoms with Gasteiger partial charge in [-0.05, 0) is 30.5 Å². The van der Waals surface area contributed by atoms with Crippen molar-refractivity contribution in [3.05, 3.63) is 23.8 Å². The lowest BCUT2D eigenvalue weighted by molar-refractivity contribution is -0.136. The molecule has 6 heteroatoms. The number of fused-ring (bicyclic) bond motifs is 1. The molecule has 1 aromatic rings. The van der Waals surface area contributed by atoms with Crippen molar-refractivity contribution >= 4 is 5.91 Å². The molecule has 1 saturated heterocycles. The van der Waals surface area contributed by atoms with E-state index < -0.39 is 5.41 Å². The molecule has 132 valence electrons. The molecular formula is C18H26N2O4. The molecule has 0 aliphatic carbocycles. The number of carbonyl (C=O) groups is 1. The highest BCUT2D eigenvalue weighted by atomic mass is 16.7. The first-order chi connectivity index (χ1) is 11.5. The Morgan fingerprint density at radius 2 is 1.96 bits per heavy atom. The third-order valence-corrected chi connectivity index (χ3v) is 5.17. The van der Waals surface area contributed by atoms with Crippen LogP contribution in [0.15, 0.2) is 18.2 Å². The van der Waals surface area contributed by atoms with E-state index in [0.717, 1.165) is 17.1 Å². The maximum atomic E-state index is 12.7.